The molecule has 1 aliphatic rings. The number of benzene rings is 1. The molecular formula is C15H17NOS. The molecule has 1 heterocycles. The molecule has 0 amide bonds. The van der Waals surface area contributed by atoms with Crippen LogP contribution < -0.4 is 10.5 Å². The van der Waals surface area contributed by atoms with Gasteiger partial charge in [0, 0.05) is 6.04 Å². The number of hydrogen-bond donors (Lipinski definition) is 1. The summed E-state index contributed by atoms with van der Waals surface area (Å²) in [5, 5.41) is 2.04. The van der Waals surface area contributed by atoms with Gasteiger partial charge in [-0.05, 0) is 41.3 Å². The normalized spacial score (nSPS) is 18.9. The standard InChI is InChI=1S/C15H17NOS/c1-17-14-6-7-18-15(14)13(16)9-11-8-10-4-2-3-5-12(10)11/h2-7,11,13H,8-9,16H2,1H3. The Labute approximate surface area is 111 Å². The molecule has 94 valence electrons. The molecule has 2 atom stereocenters. The van der Waals surface area contributed by atoms with Crippen molar-refractivity contribution in [2.24, 2.45) is 5.73 Å². The first-order valence-electron chi connectivity index (χ1n) is 6.24. The van der Waals surface area contributed by atoms with Crippen LogP contribution in [0.3, 0.4) is 0 Å². The van der Waals surface area contributed by atoms with Gasteiger partial charge in [0.05, 0.1) is 12.0 Å². The number of methoxy groups -OCH3 is 1. The second kappa shape index (κ2) is 4.75. The summed E-state index contributed by atoms with van der Waals surface area (Å²) in [6, 6.07) is 10.7. The number of ether oxygens (including phenoxy) is 1. The topological polar surface area (TPSA) is 35.2 Å². The van der Waals surface area contributed by atoms with E-state index in [0.717, 1.165) is 18.6 Å². The third kappa shape index (κ3) is 1.93. The van der Waals surface area contributed by atoms with E-state index >= 15 is 0 Å². The lowest BCUT2D eigenvalue weighted by Gasteiger charge is -2.32. The molecule has 0 fully saturated rings. The Morgan fingerprint density at radius 3 is 3.00 bits per heavy atom. The number of fused-ring (bicyclic) bond motifs is 1. The second-order valence-electron chi connectivity index (χ2n) is 4.80. The summed E-state index contributed by atoms with van der Waals surface area (Å²) in [4.78, 5) is 1.17. The highest BCUT2D eigenvalue weighted by atomic mass is 32.1. The van der Waals surface area contributed by atoms with E-state index in [4.69, 9.17) is 10.5 Å². The first-order valence-corrected chi connectivity index (χ1v) is 7.12. The van der Waals surface area contributed by atoms with Crippen molar-refractivity contribution in [3.05, 3.63) is 51.7 Å². The third-order valence-corrected chi connectivity index (χ3v) is 4.74. The molecular weight excluding hydrogens is 242 g/mol. The highest BCUT2D eigenvalue weighted by Crippen LogP contribution is 2.42. The summed E-state index contributed by atoms with van der Waals surface area (Å²) < 4.78 is 5.34. The van der Waals surface area contributed by atoms with Crippen LogP contribution in [0, 0.1) is 0 Å². The predicted molar refractivity (Wildman–Crippen MR) is 75.3 cm³/mol. The Morgan fingerprint density at radius 1 is 1.39 bits per heavy atom. The summed E-state index contributed by atoms with van der Waals surface area (Å²) in [7, 11) is 1.71. The maximum atomic E-state index is 6.31. The van der Waals surface area contributed by atoms with Gasteiger partial charge in [0.1, 0.15) is 5.75 Å². The minimum atomic E-state index is 0.0818. The lowest BCUT2D eigenvalue weighted by atomic mass is 9.74. The lowest BCUT2D eigenvalue weighted by molar-refractivity contribution is 0.403. The monoisotopic (exact) mass is 259 g/mol. The maximum absolute atomic E-state index is 6.31. The van der Waals surface area contributed by atoms with Crippen LogP contribution >= 0.6 is 11.3 Å². The molecule has 0 radical (unpaired) electrons. The van der Waals surface area contributed by atoms with Crippen molar-refractivity contribution in [3.8, 4) is 5.75 Å². The zero-order chi connectivity index (χ0) is 12.5. The van der Waals surface area contributed by atoms with E-state index < -0.39 is 0 Å². The van der Waals surface area contributed by atoms with E-state index in [2.05, 4.69) is 24.3 Å². The average Bonchev–Trinajstić information content (AvgIpc) is 2.84. The number of thiophene rings is 1. The molecule has 3 heteroatoms. The summed E-state index contributed by atoms with van der Waals surface area (Å²) in [5.41, 5.74) is 9.27. The average molecular weight is 259 g/mol. The van der Waals surface area contributed by atoms with Crippen molar-refractivity contribution >= 4 is 11.3 Å². The van der Waals surface area contributed by atoms with Gasteiger partial charge in [-0.2, -0.15) is 0 Å². The van der Waals surface area contributed by atoms with Gasteiger partial charge >= 0.3 is 0 Å². The second-order valence-corrected chi connectivity index (χ2v) is 5.74. The summed E-state index contributed by atoms with van der Waals surface area (Å²) in [6.45, 7) is 0. The Kier molecular flexibility index (Phi) is 3.10. The molecule has 0 saturated heterocycles. The molecule has 2 unspecified atom stereocenters. The largest absolute Gasteiger partial charge is 0.496 e. The Hall–Kier alpha value is -1.32. The van der Waals surface area contributed by atoms with Crippen LogP contribution in [0.25, 0.3) is 0 Å². The number of nitrogens with two attached hydrogens (primary N) is 1. The first kappa shape index (κ1) is 11.8. The van der Waals surface area contributed by atoms with Crippen molar-refractivity contribution in [2.75, 3.05) is 7.11 Å². The van der Waals surface area contributed by atoms with Gasteiger partial charge < -0.3 is 10.5 Å². The molecule has 2 aromatic rings. The summed E-state index contributed by atoms with van der Waals surface area (Å²) in [6.07, 6.45) is 2.17. The van der Waals surface area contributed by atoms with Crippen molar-refractivity contribution in [2.45, 2.75) is 24.8 Å². The highest BCUT2D eigenvalue weighted by molar-refractivity contribution is 7.10. The Morgan fingerprint density at radius 2 is 2.22 bits per heavy atom. The predicted octanol–water partition coefficient (Wildman–Crippen LogP) is 3.49. The van der Waals surface area contributed by atoms with Gasteiger partial charge in [-0.25, -0.2) is 0 Å². The summed E-state index contributed by atoms with van der Waals surface area (Å²) in [5.74, 6) is 1.54. The van der Waals surface area contributed by atoms with Crippen molar-refractivity contribution in [1.82, 2.24) is 0 Å². The summed E-state index contributed by atoms with van der Waals surface area (Å²) >= 11 is 1.69. The van der Waals surface area contributed by atoms with E-state index in [1.807, 2.05) is 11.4 Å². The molecule has 0 aliphatic heterocycles. The quantitative estimate of drug-likeness (QED) is 0.912. The molecule has 2 nitrogen and oxygen atoms in total. The van der Waals surface area contributed by atoms with Gasteiger partial charge in [-0.15, -0.1) is 11.3 Å². The van der Waals surface area contributed by atoms with Crippen LogP contribution in [0.15, 0.2) is 35.7 Å². The minimum absolute atomic E-state index is 0.0818. The van der Waals surface area contributed by atoms with Crippen molar-refractivity contribution in [1.29, 1.82) is 0 Å². The van der Waals surface area contributed by atoms with Gasteiger partial charge in [0.2, 0.25) is 0 Å². The van der Waals surface area contributed by atoms with Crippen LogP contribution in [0.2, 0.25) is 0 Å². The Balaban J connectivity index is 1.72. The fourth-order valence-electron chi connectivity index (χ4n) is 2.73. The molecule has 0 saturated carbocycles. The third-order valence-electron chi connectivity index (χ3n) is 3.71. The molecule has 0 bridgehead atoms. The molecule has 1 aliphatic carbocycles. The van der Waals surface area contributed by atoms with Gasteiger partial charge in [0.25, 0.3) is 0 Å². The molecule has 0 spiro atoms. The van der Waals surface area contributed by atoms with Crippen molar-refractivity contribution in [3.63, 3.8) is 0 Å². The smallest absolute Gasteiger partial charge is 0.134 e. The Bertz CT molecular complexity index is 549. The minimum Gasteiger partial charge on any atom is -0.496 e. The van der Waals surface area contributed by atoms with Gasteiger partial charge in [0.15, 0.2) is 0 Å². The SMILES string of the molecule is COc1ccsc1C(N)CC1Cc2ccccc21. The first-order chi connectivity index (χ1) is 8.79. The van der Waals surface area contributed by atoms with Crippen LogP contribution in [0.1, 0.15) is 34.4 Å². The molecule has 18 heavy (non-hydrogen) atoms. The van der Waals surface area contributed by atoms with E-state index in [-0.39, 0.29) is 6.04 Å². The fraction of sp³-hybridized carbons (Fsp3) is 0.333. The van der Waals surface area contributed by atoms with Gasteiger partial charge in [-0.3, -0.25) is 0 Å². The van der Waals surface area contributed by atoms with E-state index in [1.54, 1.807) is 18.4 Å². The fourth-order valence-corrected chi connectivity index (χ4v) is 3.61. The van der Waals surface area contributed by atoms with Gasteiger partial charge in [-0.1, -0.05) is 24.3 Å². The lowest BCUT2D eigenvalue weighted by Crippen LogP contribution is -2.22. The zero-order valence-corrected chi connectivity index (χ0v) is 11.2. The number of rotatable bonds is 4. The van der Waals surface area contributed by atoms with Crippen LogP contribution in [-0.2, 0) is 6.42 Å². The van der Waals surface area contributed by atoms with E-state index in [9.17, 15) is 0 Å². The van der Waals surface area contributed by atoms with Crippen LogP contribution in [0.4, 0.5) is 0 Å². The highest BCUT2D eigenvalue weighted by Gasteiger charge is 2.28. The van der Waals surface area contributed by atoms with Crippen LogP contribution in [-0.4, -0.2) is 7.11 Å². The van der Waals surface area contributed by atoms with Crippen LogP contribution in [0.5, 0.6) is 5.75 Å². The zero-order valence-electron chi connectivity index (χ0n) is 10.4. The van der Waals surface area contributed by atoms with Crippen molar-refractivity contribution < 1.29 is 4.74 Å². The molecule has 1 aromatic heterocycles. The maximum Gasteiger partial charge on any atom is 0.134 e. The number of hydrogen-bond acceptors (Lipinski definition) is 3. The van der Waals surface area contributed by atoms with E-state index in [1.165, 1.54) is 16.0 Å². The molecule has 2 N–H and O–H groups in total. The molecule has 1 aromatic carbocycles. The van der Waals surface area contributed by atoms with E-state index in [0.29, 0.717) is 5.92 Å². The molecule has 3 rings (SSSR count).